The Hall–Kier alpha value is -2.64. The molecule has 112 valence electrons. The maximum absolute atomic E-state index is 12.7. The molecular weight excluding hydrogens is 286 g/mol. The number of benzene rings is 1. The summed E-state index contributed by atoms with van der Waals surface area (Å²) in [6.45, 7) is -3.06. The van der Waals surface area contributed by atoms with E-state index in [1.54, 1.807) is 0 Å². The predicted octanol–water partition coefficient (Wildman–Crippen LogP) is 2.56. The highest BCUT2D eigenvalue weighted by Crippen LogP contribution is 2.31. The van der Waals surface area contributed by atoms with E-state index in [1.807, 2.05) is 0 Å². The Morgan fingerprint density at radius 1 is 1.48 bits per heavy atom. The molecule has 0 aliphatic heterocycles. The molecule has 1 N–H and O–H groups in total. The van der Waals surface area contributed by atoms with Gasteiger partial charge in [-0.25, -0.2) is 9.78 Å². The highest BCUT2D eigenvalue weighted by atomic mass is 19.3. The molecule has 0 aliphatic carbocycles. The Morgan fingerprint density at radius 3 is 2.86 bits per heavy atom. The Morgan fingerprint density at radius 2 is 2.24 bits per heavy atom. The van der Waals surface area contributed by atoms with Crippen LogP contribution in [0.15, 0.2) is 30.6 Å². The van der Waals surface area contributed by atoms with Crippen molar-refractivity contribution in [2.45, 2.75) is 13.2 Å². The summed E-state index contributed by atoms with van der Waals surface area (Å²) in [6, 6.07) is 4.34. The van der Waals surface area contributed by atoms with Gasteiger partial charge < -0.3 is 14.6 Å². The first kappa shape index (κ1) is 14.8. The zero-order valence-corrected chi connectivity index (χ0v) is 11.0. The number of aromatic carboxylic acids is 1. The van der Waals surface area contributed by atoms with Crippen molar-refractivity contribution in [1.82, 2.24) is 9.55 Å². The minimum atomic E-state index is -2.75. The van der Waals surface area contributed by atoms with Crippen LogP contribution in [0.25, 0.3) is 0 Å². The normalized spacial score (nSPS) is 10.7. The fourth-order valence-electron chi connectivity index (χ4n) is 1.76. The number of methoxy groups -OCH3 is 1. The van der Waals surface area contributed by atoms with E-state index >= 15 is 0 Å². The molecule has 0 unspecified atom stereocenters. The van der Waals surface area contributed by atoms with Gasteiger partial charge >= 0.3 is 12.5 Å². The van der Waals surface area contributed by atoms with Gasteiger partial charge in [-0.15, -0.1) is 0 Å². The number of ether oxygens (including phenoxy) is 2. The van der Waals surface area contributed by atoms with Crippen LogP contribution in [-0.2, 0) is 6.61 Å². The van der Waals surface area contributed by atoms with Gasteiger partial charge in [0.25, 0.3) is 0 Å². The molecule has 1 heterocycles. The average Bonchev–Trinajstić information content (AvgIpc) is 2.93. The van der Waals surface area contributed by atoms with Gasteiger partial charge in [0.15, 0.2) is 17.3 Å². The lowest BCUT2D eigenvalue weighted by Crippen LogP contribution is -2.10. The Labute approximate surface area is 118 Å². The molecule has 0 aliphatic rings. The second-order valence-electron chi connectivity index (χ2n) is 3.96. The topological polar surface area (TPSA) is 73.6 Å². The number of imidazole rings is 1. The summed E-state index contributed by atoms with van der Waals surface area (Å²) in [4.78, 5) is 14.9. The van der Waals surface area contributed by atoms with Crippen molar-refractivity contribution >= 4 is 5.97 Å². The fourth-order valence-corrected chi connectivity index (χ4v) is 1.76. The molecule has 1 aromatic carbocycles. The number of para-hydroxylation sites is 1. The van der Waals surface area contributed by atoms with Crippen LogP contribution in [0, 0.1) is 0 Å². The number of halogens is 2. The van der Waals surface area contributed by atoms with Gasteiger partial charge in [0, 0.05) is 12.4 Å². The largest absolute Gasteiger partial charge is 0.493 e. The van der Waals surface area contributed by atoms with Crippen LogP contribution < -0.4 is 9.47 Å². The second kappa shape index (κ2) is 6.21. The summed E-state index contributed by atoms with van der Waals surface area (Å²) in [5.41, 5.74) is -0.121. The summed E-state index contributed by atoms with van der Waals surface area (Å²) in [7, 11) is 1.36. The van der Waals surface area contributed by atoms with E-state index < -0.39 is 12.5 Å². The van der Waals surface area contributed by atoms with Gasteiger partial charge in [-0.3, -0.25) is 4.57 Å². The second-order valence-corrected chi connectivity index (χ2v) is 3.96. The molecule has 0 atom stereocenters. The lowest BCUT2D eigenvalue weighted by atomic mass is 10.2. The van der Waals surface area contributed by atoms with E-state index in [9.17, 15) is 13.6 Å². The number of aromatic nitrogens is 2. The van der Waals surface area contributed by atoms with E-state index in [4.69, 9.17) is 14.6 Å². The van der Waals surface area contributed by atoms with Crippen molar-refractivity contribution in [2.75, 3.05) is 7.11 Å². The molecule has 0 radical (unpaired) electrons. The first-order chi connectivity index (χ1) is 10.0. The van der Waals surface area contributed by atoms with Crippen LogP contribution in [-0.4, -0.2) is 27.7 Å². The summed E-state index contributed by atoms with van der Waals surface area (Å²) < 4.78 is 36.4. The first-order valence-electron chi connectivity index (χ1n) is 5.87. The molecule has 0 saturated carbocycles. The van der Waals surface area contributed by atoms with Crippen LogP contribution in [0.2, 0.25) is 0 Å². The monoisotopic (exact) mass is 298 g/mol. The molecule has 0 amide bonds. The lowest BCUT2D eigenvalue weighted by molar-refractivity contribution is 0.0622. The highest BCUT2D eigenvalue weighted by Gasteiger charge is 2.18. The SMILES string of the molecule is COc1cccc(C(=O)O)c1OCc1nccn1C(F)F. The number of rotatable bonds is 6. The molecule has 0 fully saturated rings. The smallest absolute Gasteiger partial charge is 0.339 e. The minimum absolute atomic E-state index is 0.0211. The summed E-state index contributed by atoms with van der Waals surface area (Å²) >= 11 is 0. The van der Waals surface area contributed by atoms with Crippen LogP contribution >= 0.6 is 0 Å². The molecule has 2 rings (SSSR count). The molecule has 1 aromatic heterocycles. The van der Waals surface area contributed by atoms with Crippen molar-refractivity contribution in [3.8, 4) is 11.5 Å². The first-order valence-corrected chi connectivity index (χ1v) is 5.87. The molecule has 21 heavy (non-hydrogen) atoms. The summed E-state index contributed by atoms with van der Waals surface area (Å²) in [5, 5.41) is 9.11. The third kappa shape index (κ3) is 3.10. The third-order valence-corrected chi connectivity index (χ3v) is 2.73. The summed E-state index contributed by atoms with van der Waals surface area (Å²) in [6.07, 6.45) is 2.33. The lowest BCUT2D eigenvalue weighted by Gasteiger charge is -2.13. The van der Waals surface area contributed by atoms with Crippen molar-refractivity contribution in [2.24, 2.45) is 0 Å². The number of alkyl halides is 2. The van der Waals surface area contributed by atoms with Gasteiger partial charge in [-0.05, 0) is 12.1 Å². The highest BCUT2D eigenvalue weighted by molar-refractivity contribution is 5.92. The number of carboxylic acid groups (broad SMARTS) is 1. The van der Waals surface area contributed by atoms with E-state index in [0.717, 1.165) is 6.20 Å². The van der Waals surface area contributed by atoms with E-state index in [2.05, 4.69) is 4.98 Å². The molecule has 8 heteroatoms. The molecule has 6 nitrogen and oxygen atoms in total. The van der Waals surface area contributed by atoms with Gasteiger partial charge in [-0.1, -0.05) is 6.07 Å². The number of hydrogen-bond acceptors (Lipinski definition) is 4. The van der Waals surface area contributed by atoms with Crippen LogP contribution in [0.3, 0.4) is 0 Å². The van der Waals surface area contributed by atoms with E-state index in [1.165, 1.54) is 31.5 Å². The molecule has 0 spiro atoms. The predicted molar refractivity (Wildman–Crippen MR) is 67.8 cm³/mol. The Bertz CT molecular complexity index is 643. The maximum atomic E-state index is 12.7. The Kier molecular flexibility index (Phi) is 4.36. The van der Waals surface area contributed by atoms with Gasteiger partial charge in [-0.2, -0.15) is 8.78 Å². The average molecular weight is 298 g/mol. The van der Waals surface area contributed by atoms with Crippen molar-refractivity contribution < 1.29 is 28.2 Å². The fraction of sp³-hybridized carbons (Fsp3) is 0.231. The number of hydrogen-bond donors (Lipinski definition) is 1. The van der Waals surface area contributed by atoms with Crippen molar-refractivity contribution in [3.63, 3.8) is 0 Å². The minimum Gasteiger partial charge on any atom is -0.493 e. The van der Waals surface area contributed by atoms with Crippen LogP contribution in [0.4, 0.5) is 8.78 Å². The molecule has 0 saturated heterocycles. The van der Waals surface area contributed by atoms with Crippen molar-refractivity contribution in [1.29, 1.82) is 0 Å². The number of carbonyl (C=O) groups is 1. The Balaban J connectivity index is 2.27. The number of carboxylic acids is 1. The molecule has 2 aromatic rings. The van der Waals surface area contributed by atoms with Crippen LogP contribution in [0.5, 0.6) is 11.5 Å². The summed E-state index contributed by atoms with van der Waals surface area (Å²) in [5.74, 6) is -1.06. The standard InChI is InChI=1S/C13H12F2N2O4/c1-20-9-4-2-3-8(12(18)19)11(9)21-7-10-16-5-6-17(10)13(14)15/h2-6,13H,7H2,1H3,(H,18,19). The quantitative estimate of drug-likeness (QED) is 0.887. The zero-order valence-electron chi connectivity index (χ0n) is 11.0. The van der Waals surface area contributed by atoms with Gasteiger partial charge in [0.1, 0.15) is 12.2 Å². The third-order valence-electron chi connectivity index (χ3n) is 2.73. The molecular formula is C13H12F2N2O4. The van der Waals surface area contributed by atoms with E-state index in [-0.39, 0.29) is 29.5 Å². The van der Waals surface area contributed by atoms with E-state index in [0.29, 0.717) is 4.57 Å². The van der Waals surface area contributed by atoms with Gasteiger partial charge in [0.05, 0.1) is 7.11 Å². The van der Waals surface area contributed by atoms with Crippen LogP contribution in [0.1, 0.15) is 22.7 Å². The molecule has 0 bridgehead atoms. The zero-order chi connectivity index (χ0) is 15.4. The maximum Gasteiger partial charge on any atom is 0.339 e. The van der Waals surface area contributed by atoms with Crippen molar-refractivity contribution in [3.05, 3.63) is 42.0 Å². The van der Waals surface area contributed by atoms with Gasteiger partial charge in [0.2, 0.25) is 0 Å². The number of nitrogens with zero attached hydrogens (tertiary/aromatic N) is 2.